The van der Waals surface area contributed by atoms with E-state index in [0.29, 0.717) is 5.41 Å². The minimum atomic E-state index is 0.427. The second kappa shape index (κ2) is 3.25. The highest BCUT2D eigenvalue weighted by atomic mass is 15.3. The summed E-state index contributed by atoms with van der Waals surface area (Å²) in [5.74, 6) is 0. The quantitative estimate of drug-likeness (QED) is 0.660. The van der Waals surface area contributed by atoms with Crippen LogP contribution < -0.4 is 5.32 Å². The number of nitrogens with one attached hydrogen (secondary N) is 1. The summed E-state index contributed by atoms with van der Waals surface area (Å²) in [5.41, 5.74) is 0.427. The van der Waals surface area contributed by atoms with Crippen LogP contribution in [-0.2, 0) is 0 Å². The van der Waals surface area contributed by atoms with E-state index in [-0.39, 0.29) is 0 Å². The van der Waals surface area contributed by atoms with Crippen LogP contribution in [0.15, 0.2) is 0 Å². The van der Waals surface area contributed by atoms with Gasteiger partial charge in [-0.2, -0.15) is 0 Å². The highest BCUT2D eigenvalue weighted by Gasteiger charge is 2.39. The zero-order chi connectivity index (χ0) is 9.47. The SMILES string of the molecule is CC(C)(C)[C@@H]1CNCCN1C1CC1. The lowest BCUT2D eigenvalue weighted by Gasteiger charge is -2.44. The lowest BCUT2D eigenvalue weighted by molar-refractivity contribution is 0.0684. The first-order valence-electron chi connectivity index (χ1n) is 5.55. The van der Waals surface area contributed by atoms with Gasteiger partial charge in [0, 0.05) is 31.7 Å². The summed E-state index contributed by atoms with van der Waals surface area (Å²) in [6.07, 6.45) is 2.87. The Kier molecular flexibility index (Phi) is 2.37. The number of rotatable bonds is 1. The number of hydrogen-bond acceptors (Lipinski definition) is 2. The molecule has 0 unspecified atom stereocenters. The lowest BCUT2D eigenvalue weighted by atomic mass is 9.84. The van der Waals surface area contributed by atoms with Gasteiger partial charge < -0.3 is 5.32 Å². The molecular weight excluding hydrogens is 160 g/mol. The van der Waals surface area contributed by atoms with Crippen molar-refractivity contribution in [3.8, 4) is 0 Å². The molecule has 1 aliphatic carbocycles. The minimum absolute atomic E-state index is 0.427. The van der Waals surface area contributed by atoms with Crippen LogP contribution in [0.2, 0.25) is 0 Å². The van der Waals surface area contributed by atoms with Gasteiger partial charge in [-0.3, -0.25) is 4.90 Å². The first-order valence-corrected chi connectivity index (χ1v) is 5.55. The molecule has 2 fully saturated rings. The summed E-state index contributed by atoms with van der Waals surface area (Å²) < 4.78 is 0. The molecule has 0 bridgehead atoms. The fourth-order valence-corrected chi connectivity index (χ4v) is 2.37. The van der Waals surface area contributed by atoms with E-state index in [1.807, 2.05) is 0 Å². The normalized spacial score (nSPS) is 32.1. The van der Waals surface area contributed by atoms with Gasteiger partial charge in [-0.15, -0.1) is 0 Å². The monoisotopic (exact) mass is 182 g/mol. The molecule has 76 valence electrons. The average Bonchev–Trinajstić information content (AvgIpc) is 2.85. The number of piperazine rings is 1. The highest BCUT2D eigenvalue weighted by Crippen LogP contribution is 2.34. The lowest BCUT2D eigenvalue weighted by Crippen LogP contribution is -2.57. The predicted octanol–water partition coefficient (Wildman–Crippen LogP) is 1.47. The van der Waals surface area contributed by atoms with Gasteiger partial charge >= 0.3 is 0 Å². The molecule has 13 heavy (non-hydrogen) atoms. The Labute approximate surface area is 81.7 Å². The van der Waals surface area contributed by atoms with Crippen molar-refractivity contribution in [2.75, 3.05) is 19.6 Å². The molecule has 1 N–H and O–H groups in total. The summed E-state index contributed by atoms with van der Waals surface area (Å²) in [5, 5.41) is 3.51. The maximum atomic E-state index is 3.51. The average molecular weight is 182 g/mol. The van der Waals surface area contributed by atoms with Crippen LogP contribution in [0, 0.1) is 5.41 Å². The molecule has 1 aliphatic heterocycles. The third-order valence-electron chi connectivity index (χ3n) is 3.30. The minimum Gasteiger partial charge on any atom is -0.314 e. The molecule has 2 nitrogen and oxygen atoms in total. The Morgan fingerprint density at radius 1 is 1.23 bits per heavy atom. The zero-order valence-electron chi connectivity index (χ0n) is 9.14. The van der Waals surface area contributed by atoms with Gasteiger partial charge in [0.15, 0.2) is 0 Å². The molecule has 0 radical (unpaired) electrons. The van der Waals surface area contributed by atoms with E-state index in [1.165, 1.54) is 32.5 Å². The third kappa shape index (κ3) is 2.05. The van der Waals surface area contributed by atoms with Gasteiger partial charge in [0.1, 0.15) is 0 Å². The van der Waals surface area contributed by atoms with Gasteiger partial charge in [-0.25, -0.2) is 0 Å². The first-order chi connectivity index (χ1) is 6.09. The standard InChI is InChI=1S/C11H22N2/c1-11(2,3)10-8-12-6-7-13(10)9-4-5-9/h9-10,12H,4-8H2,1-3H3/t10-/m0/s1. The van der Waals surface area contributed by atoms with Gasteiger partial charge in [0.05, 0.1) is 0 Å². The van der Waals surface area contributed by atoms with Crippen LogP contribution in [-0.4, -0.2) is 36.6 Å². The second-order valence-corrected chi connectivity index (χ2v) is 5.55. The fourth-order valence-electron chi connectivity index (χ4n) is 2.37. The Balaban J connectivity index is 2.03. The second-order valence-electron chi connectivity index (χ2n) is 5.55. The molecule has 1 atom stereocenters. The number of nitrogens with zero attached hydrogens (tertiary/aromatic N) is 1. The highest BCUT2D eigenvalue weighted by molar-refractivity contribution is 4.96. The van der Waals surface area contributed by atoms with Crippen molar-refractivity contribution in [3.63, 3.8) is 0 Å². The van der Waals surface area contributed by atoms with Crippen LogP contribution in [0.5, 0.6) is 0 Å². The summed E-state index contributed by atoms with van der Waals surface area (Å²) in [6.45, 7) is 10.7. The van der Waals surface area contributed by atoms with E-state index in [1.54, 1.807) is 0 Å². The molecule has 0 aromatic rings. The van der Waals surface area contributed by atoms with Crippen LogP contribution in [0.3, 0.4) is 0 Å². The van der Waals surface area contributed by atoms with E-state index in [0.717, 1.165) is 12.1 Å². The molecule has 1 heterocycles. The first kappa shape index (κ1) is 9.47. The molecule has 2 heteroatoms. The van der Waals surface area contributed by atoms with Crippen molar-refractivity contribution < 1.29 is 0 Å². The maximum Gasteiger partial charge on any atom is 0.0272 e. The summed E-state index contributed by atoms with van der Waals surface area (Å²) in [4.78, 5) is 2.73. The molecule has 0 amide bonds. The molecule has 0 spiro atoms. The largest absolute Gasteiger partial charge is 0.314 e. The Morgan fingerprint density at radius 3 is 2.46 bits per heavy atom. The summed E-state index contributed by atoms with van der Waals surface area (Å²) >= 11 is 0. The van der Waals surface area contributed by atoms with Crippen molar-refractivity contribution >= 4 is 0 Å². The topological polar surface area (TPSA) is 15.3 Å². The predicted molar refractivity (Wildman–Crippen MR) is 55.8 cm³/mol. The Bertz CT molecular complexity index is 179. The van der Waals surface area contributed by atoms with Crippen LogP contribution >= 0.6 is 0 Å². The van der Waals surface area contributed by atoms with E-state index in [2.05, 4.69) is 31.0 Å². The van der Waals surface area contributed by atoms with Gasteiger partial charge in [-0.05, 0) is 18.3 Å². The third-order valence-corrected chi connectivity index (χ3v) is 3.30. The van der Waals surface area contributed by atoms with Gasteiger partial charge in [-0.1, -0.05) is 20.8 Å². The summed E-state index contributed by atoms with van der Waals surface area (Å²) in [7, 11) is 0. The van der Waals surface area contributed by atoms with Gasteiger partial charge in [0.2, 0.25) is 0 Å². The smallest absolute Gasteiger partial charge is 0.0272 e. The molecule has 1 saturated heterocycles. The zero-order valence-corrected chi connectivity index (χ0v) is 9.14. The Hall–Kier alpha value is -0.0800. The number of hydrogen-bond donors (Lipinski definition) is 1. The van der Waals surface area contributed by atoms with E-state index in [9.17, 15) is 0 Å². The van der Waals surface area contributed by atoms with Crippen LogP contribution in [0.4, 0.5) is 0 Å². The summed E-state index contributed by atoms with van der Waals surface area (Å²) in [6, 6.07) is 1.67. The van der Waals surface area contributed by atoms with Crippen molar-refractivity contribution in [1.82, 2.24) is 10.2 Å². The maximum absolute atomic E-state index is 3.51. The van der Waals surface area contributed by atoms with Crippen LogP contribution in [0.1, 0.15) is 33.6 Å². The van der Waals surface area contributed by atoms with E-state index in [4.69, 9.17) is 0 Å². The molecule has 2 rings (SSSR count). The van der Waals surface area contributed by atoms with E-state index < -0.39 is 0 Å². The molecule has 1 saturated carbocycles. The molecule has 2 aliphatic rings. The molecular formula is C11H22N2. The molecule has 0 aromatic heterocycles. The fraction of sp³-hybridized carbons (Fsp3) is 1.00. The van der Waals surface area contributed by atoms with Crippen molar-refractivity contribution in [3.05, 3.63) is 0 Å². The molecule has 0 aromatic carbocycles. The van der Waals surface area contributed by atoms with Gasteiger partial charge in [0.25, 0.3) is 0 Å². The van der Waals surface area contributed by atoms with Crippen LogP contribution in [0.25, 0.3) is 0 Å². The van der Waals surface area contributed by atoms with Crippen molar-refractivity contribution in [2.45, 2.75) is 45.7 Å². The Morgan fingerprint density at radius 2 is 1.92 bits per heavy atom. The van der Waals surface area contributed by atoms with E-state index >= 15 is 0 Å². The van der Waals surface area contributed by atoms with Crippen molar-refractivity contribution in [2.24, 2.45) is 5.41 Å². The van der Waals surface area contributed by atoms with Crippen molar-refractivity contribution in [1.29, 1.82) is 0 Å².